The number of hydrogen-bond donors (Lipinski definition) is 1. The lowest BCUT2D eigenvalue weighted by Gasteiger charge is -2.08. The molecule has 0 heterocycles. The monoisotopic (exact) mass is 199 g/mol. The van der Waals surface area contributed by atoms with Crippen molar-refractivity contribution in [2.24, 2.45) is 5.73 Å². The topological polar surface area (TPSA) is 35.2 Å². The number of nitrogens with two attached hydrogens (primary N) is 1. The van der Waals surface area contributed by atoms with Crippen LogP contribution in [0.4, 0.5) is 8.78 Å². The van der Waals surface area contributed by atoms with Crippen LogP contribution < -0.4 is 10.5 Å². The van der Waals surface area contributed by atoms with Crippen LogP contribution in [0.1, 0.15) is 11.6 Å². The van der Waals surface area contributed by atoms with Gasteiger partial charge in [0.1, 0.15) is 5.75 Å². The van der Waals surface area contributed by atoms with E-state index in [4.69, 9.17) is 5.73 Å². The average molecular weight is 199 g/mol. The number of alkyl halides is 2. The third kappa shape index (κ3) is 2.81. The second-order valence-electron chi connectivity index (χ2n) is 2.71. The van der Waals surface area contributed by atoms with E-state index in [9.17, 15) is 8.78 Å². The van der Waals surface area contributed by atoms with E-state index < -0.39 is 6.61 Å². The van der Waals surface area contributed by atoms with Crippen molar-refractivity contribution in [3.8, 4) is 5.75 Å². The number of ether oxygens (including phenoxy) is 1. The minimum absolute atomic E-state index is 0.125. The zero-order valence-corrected chi connectivity index (χ0v) is 7.49. The number of rotatable bonds is 4. The Bertz CT molecular complexity index is 297. The molecular formula is C10H11F2NO. The van der Waals surface area contributed by atoms with Gasteiger partial charge in [0.25, 0.3) is 0 Å². The quantitative estimate of drug-likeness (QED) is 0.756. The summed E-state index contributed by atoms with van der Waals surface area (Å²) in [4.78, 5) is 0. The molecule has 4 heteroatoms. The first-order valence-electron chi connectivity index (χ1n) is 4.06. The second-order valence-corrected chi connectivity index (χ2v) is 2.71. The molecule has 0 amide bonds. The van der Waals surface area contributed by atoms with Gasteiger partial charge in [-0.15, -0.1) is 6.58 Å². The van der Waals surface area contributed by atoms with Crippen molar-refractivity contribution in [1.29, 1.82) is 0 Å². The molecule has 1 aromatic rings. The highest BCUT2D eigenvalue weighted by molar-refractivity contribution is 5.30. The summed E-state index contributed by atoms with van der Waals surface area (Å²) in [5.74, 6) is 0.125. The Morgan fingerprint density at radius 1 is 1.29 bits per heavy atom. The molecule has 0 aliphatic carbocycles. The molecule has 0 aliphatic rings. The van der Waals surface area contributed by atoms with Gasteiger partial charge in [-0.3, -0.25) is 0 Å². The van der Waals surface area contributed by atoms with E-state index in [1.165, 1.54) is 12.1 Å². The maximum absolute atomic E-state index is 11.8. The van der Waals surface area contributed by atoms with E-state index >= 15 is 0 Å². The standard InChI is InChI=1S/C10H11F2NO/c1-2-9(13)7-3-5-8(6-4-7)14-10(11)12/h2-6,9-10H,1,13H2. The van der Waals surface area contributed by atoms with Crippen LogP contribution in [-0.2, 0) is 0 Å². The molecule has 76 valence electrons. The highest BCUT2D eigenvalue weighted by Crippen LogP contribution is 2.18. The highest BCUT2D eigenvalue weighted by atomic mass is 19.3. The van der Waals surface area contributed by atoms with Gasteiger partial charge in [0.2, 0.25) is 0 Å². The zero-order chi connectivity index (χ0) is 10.6. The lowest BCUT2D eigenvalue weighted by atomic mass is 10.1. The third-order valence-corrected chi connectivity index (χ3v) is 1.74. The molecule has 14 heavy (non-hydrogen) atoms. The fourth-order valence-corrected chi connectivity index (χ4v) is 1.01. The van der Waals surface area contributed by atoms with Crippen molar-refractivity contribution >= 4 is 0 Å². The van der Waals surface area contributed by atoms with Crippen molar-refractivity contribution in [2.75, 3.05) is 0 Å². The molecule has 2 N–H and O–H groups in total. The van der Waals surface area contributed by atoms with Crippen LogP contribution in [0.5, 0.6) is 5.75 Å². The maximum Gasteiger partial charge on any atom is 0.387 e. The molecule has 2 nitrogen and oxygen atoms in total. The van der Waals surface area contributed by atoms with Gasteiger partial charge in [0.05, 0.1) is 0 Å². The molecule has 0 bridgehead atoms. The molecule has 0 spiro atoms. The number of hydrogen-bond acceptors (Lipinski definition) is 2. The van der Waals surface area contributed by atoms with Gasteiger partial charge < -0.3 is 10.5 Å². The van der Waals surface area contributed by atoms with Gasteiger partial charge in [0.15, 0.2) is 0 Å². The van der Waals surface area contributed by atoms with E-state index in [0.717, 1.165) is 5.56 Å². The predicted molar refractivity (Wildman–Crippen MR) is 50.2 cm³/mol. The molecule has 0 saturated carbocycles. The molecule has 1 aromatic carbocycles. The van der Waals surface area contributed by atoms with E-state index in [-0.39, 0.29) is 11.8 Å². The Kier molecular flexibility index (Phi) is 3.59. The number of halogens is 2. The van der Waals surface area contributed by atoms with Crippen molar-refractivity contribution < 1.29 is 13.5 Å². The lowest BCUT2D eigenvalue weighted by molar-refractivity contribution is -0.0498. The minimum Gasteiger partial charge on any atom is -0.435 e. The molecule has 0 fully saturated rings. The summed E-state index contributed by atoms with van der Waals surface area (Å²) >= 11 is 0. The van der Waals surface area contributed by atoms with Crippen molar-refractivity contribution in [1.82, 2.24) is 0 Å². The van der Waals surface area contributed by atoms with Gasteiger partial charge in [-0.05, 0) is 17.7 Å². The smallest absolute Gasteiger partial charge is 0.387 e. The van der Waals surface area contributed by atoms with Crippen LogP contribution in [0.3, 0.4) is 0 Å². The molecule has 0 aromatic heterocycles. The Balaban J connectivity index is 2.73. The van der Waals surface area contributed by atoms with Gasteiger partial charge in [-0.25, -0.2) is 0 Å². The third-order valence-electron chi connectivity index (χ3n) is 1.74. The average Bonchev–Trinajstić information content (AvgIpc) is 2.17. The minimum atomic E-state index is -2.80. The predicted octanol–water partition coefficient (Wildman–Crippen LogP) is 2.47. The zero-order valence-electron chi connectivity index (χ0n) is 7.49. The fourth-order valence-electron chi connectivity index (χ4n) is 1.01. The molecule has 0 aliphatic heterocycles. The van der Waals surface area contributed by atoms with Crippen molar-refractivity contribution in [2.45, 2.75) is 12.7 Å². The summed E-state index contributed by atoms with van der Waals surface area (Å²) in [6, 6.07) is 5.87. The summed E-state index contributed by atoms with van der Waals surface area (Å²) in [5.41, 5.74) is 6.45. The van der Waals surface area contributed by atoms with Crippen LogP contribution in [0.2, 0.25) is 0 Å². The van der Waals surface area contributed by atoms with E-state index in [2.05, 4.69) is 11.3 Å². The van der Waals surface area contributed by atoms with Crippen LogP contribution >= 0.6 is 0 Å². The first kappa shape index (κ1) is 10.7. The number of benzene rings is 1. The van der Waals surface area contributed by atoms with Crippen LogP contribution in [-0.4, -0.2) is 6.61 Å². The Hall–Kier alpha value is -1.42. The Morgan fingerprint density at radius 3 is 2.29 bits per heavy atom. The molecule has 1 rings (SSSR count). The van der Waals surface area contributed by atoms with Gasteiger partial charge in [-0.2, -0.15) is 8.78 Å². The fraction of sp³-hybridized carbons (Fsp3) is 0.200. The van der Waals surface area contributed by atoms with E-state index in [0.29, 0.717) is 0 Å². The Morgan fingerprint density at radius 2 is 1.86 bits per heavy atom. The summed E-state index contributed by atoms with van der Waals surface area (Å²) in [7, 11) is 0. The molecular weight excluding hydrogens is 188 g/mol. The largest absolute Gasteiger partial charge is 0.435 e. The van der Waals surface area contributed by atoms with Gasteiger partial charge in [-0.1, -0.05) is 18.2 Å². The first-order chi connectivity index (χ1) is 6.63. The molecule has 0 radical (unpaired) electrons. The summed E-state index contributed by atoms with van der Waals surface area (Å²) in [6.45, 7) is 0.734. The van der Waals surface area contributed by atoms with Gasteiger partial charge in [0, 0.05) is 6.04 Å². The molecule has 0 saturated heterocycles. The molecule has 1 atom stereocenters. The van der Waals surface area contributed by atoms with E-state index in [1.807, 2.05) is 0 Å². The van der Waals surface area contributed by atoms with Gasteiger partial charge >= 0.3 is 6.61 Å². The summed E-state index contributed by atoms with van der Waals surface area (Å²) in [5, 5.41) is 0. The van der Waals surface area contributed by atoms with Crippen molar-refractivity contribution in [3.05, 3.63) is 42.5 Å². The molecule has 1 unspecified atom stereocenters. The maximum atomic E-state index is 11.8. The van der Waals surface area contributed by atoms with Crippen LogP contribution in [0, 0.1) is 0 Å². The normalized spacial score (nSPS) is 12.6. The Labute approximate surface area is 81.0 Å². The highest BCUT2D eigenvalue weighted by Gasteiger charge is 2.05. The summed E-state index contributed by atoms with van der Waals surface area (Å²) in [6.07, 6.45) is 1.57. The second kappa shape index (κ2) is 4.72. The van der Waals surface area contributed by atoms with Crippen LogP contribution in [0.25, 0.3) is 0 Å². The van der Waals surface area contributed by atoms with E-state index in [1.54, 1.807) is 18.2 Å². The van der Waals surface area contributed by atoms with Crippen LogP contribution in [0.15, 0.2) is 36.9 Å². The SMILES string of the molecule is C=CC(N)c1ccc(OC(F)F)cc1. The summed E-state index contributed by atoms with van der Waals surface area (Å²) < 4.78 is 27.7. The first-order valence-corrected chi connectivity index (χ1v) is 4.06. The lowest BCUT2D eigenvalue weighted by Crippen LogP contribution is -2.06. The van der Waals surface area contributed by atoms with Crippen molar-refractivity contribution in [3.63, 3.8) is 0 Å².